The van der Waals surface area contributed by atoms with Crippen molar-refractivity contribution in [1.82, 2.24) is 24.5 Å². The van der Waals surface area contributed by atoms with Gasteiger partial charge in [0.05, 0.1) is 18.7 Å². The highest BCUT2D eigenvalue weighted by Gasteiger charge is 2.20. The number of ether oxygens (including phenoxy) is 1. The van der Waals surface area contributed by atoms with Crippen LogP contribution < -0.4 is 0 Å². The number of carbonyl (C=O) groups excluding carboxylic acids is 1. The molecule has 7 heteroatoms. The largest absolute Gasteiger partial charge is 0.466 e. The molecule has 1 saturated carbocycles. The SMILES string of the molecule is CCOC(=O)CC(CCc1cn(C)nn1)c1ccc(C)c(Cn2ccnc2CC2CCCCC2)c1. The third kappa shape index (κ3) is 7.03. The predicted molar refractivity (Wildman–Crippen MR) is 136 cm³/mol. The Kier molecular flexibility index (Phi) is 8.72. The molecule has 0 aliphatic heterocycles. The van der Waals surface area contributed by atoms with Gasteiger partial charge in [-0.05, 0) is 55.2 Å². The Balaban J connectivity index is 1.51. The summed E-state index contributed by atoms with van der Waals surface area (Å²) in [5, 5.41) is 8.26. The van der Waals surface area contributed by atoms with Crippen LogP contribution in [0.4, 0.5) is 0 Å². The highest BCUT2D eigenvalue weighted by molar-refractivity contribution is 5.70. The number of nitrogens with zero attached hydrogens (tertiary/aromatic N) is 5. The van der Waals surface area contributed by atoms with E-state index < -0.39 is 0 Å². The third-order valence-corrected chi connectivity index (χ3v) is 7.30. The molecule has 0 spiro atoms. The third-order valence-electron chi connectivity index (χ3n) is 7.30. The van der Waals surface area contributed by atoms with Gasteiger partial charge >= 0.3 is 5.97 Å². The van der Waals surface area contributed by atoms with E-state index in [9.17, 15) is 4.79 Å². The molecule has 0 N–H and O–H groups in total. The van der Waals surface area contributed by atoms with E-state index in [0.717, 1.165) is 37.4 Å². The van der Waals surface area contributed by atoms with E-state index in [0.29, 0.717) is 13.0 Å². The van der Waals surface area contributed by atoms with Crippen LogP contribution in [-0.4, -0.2) is 37.1 Å². The monoisotopic (exact) mass is 477 g/mol. The van der Waals surface area contributed by atoms with Crippen LogP contribution >= 0.6 is 0 Å². The van der Waals surface area contributed by atoms with Crippen LogP contribution in [0, 0.1) is 12.8 Å². The maximum absolute atomic E-state index is 12.4. The minimum absolute atomic E-state index is 0.0694. The Bertz CT molecular complexity index is 1100. The van der Waals surface area contributed by atoms with Gasteiger partial charge in [-0.3, -0.25) is 9.48 Å². The second kappa shape index (κ2) is 12.1. The van der Waals surface area contributed by atoms with E-state index in [2.05, 4.69) is 46.2 Å². The molecule has 0 radical (unpaired) electrons. The summed E-state index contributed by atoms with van der Waals surface area (Å²) in [5.41, 5.74) is 4.66. The van der Waals surface area contributed by atoms with Gasteiger partial charge < -0.3 is 9.30 Å². The van der Waals surface area contributed by atoms with Crippen molar-refractivity contribution in [3.8, 4) is 0 Å². The first-order chi connectivity index (χ1) is 17.0. The van der Waals surface area contributed by atoms with E-state index in [-0.39, 0.29) is 11.9 Å². The number of imidazole rings is 1. The molecule has 4 rings (SSSR count). The van der Waals surface area contributed by atoms with Crippen LogP contribution in [0.3, 0.4) is 0 Å². The van der Waals surface area contributed by atoms with Crippen molar-refractivity contribution in [2.75, 3.05) is 6.61 Å². The molecule has 1 aliphatic carbocycles. The molecule has 1 aliphatic rings. The summed E-state index contributed by atoms with van der Waals surface area (Å²) < 4.78 is 9.32. The van der Waals surface area contributed by atoms with Gasteiger partial charge in [0.1, 0.15) is 5.82 Å². The second-order valence-electron chi connectivity index (χ2n) is 9.99. The number of hydrogen-bond acceptors (Lipinski definition) is 5. The summed E-state index contributed by atoms with van der Waals surface area (Å²) in [7, 11) is 1.87. The topological polar surface area (TPSA) is 74.8 Å². The van der Waals surface area contributed by atoms with Crippen molar-refractivity contribution in [1.29, 1.82) is 0 Å². The number of hydrogen-bond donors (Lipinski definition) is 0. The molecule has 7 nitrogen and oxygen atoms in total. The first kappa shape index (κ1) is 25.1. The lowest BCUT2D eigenvalue weighted by Gasteiger charge is -2.22. The molecule has 0 amide bonds. The van der Waals surface area contributed by atoms with Gasteiger partial charge in [0.25, 0.3) is 0 Å². The van der Waals surface area contributed by atoms with Crippen LogP contribution in [0.25, 0.3) is 0 Å². The zero-order chi connectivity index (χ0) is 24.6. The Morgan fingerprint density at radius 3 is 2.80 bits per heavy atom. The number of benzene rings is 1. The van der Waals surface area contributed by atoms with Crippen LogP contribution in [0.15, 0.2) is 36.8 Å². The number of carbonyl (C=O) groups is 1. The smallest absolute Gasteiger partial charge is 0.306 e. The normalized spacial score (nSPS) is 15.3. The van der Waals surface area contributed by atoms with Crippen molar-refractivity contribution in [3.63, 3.8) is 0 Å². The van der Waals surface area contributed by atoms with Crippen molar-refractivity contribution in [2.45, 2.75) is 84.1 Å². The maximum atomic E-state index is 12.4. The Morgan fingerprint density at radius 2 is 2.06 bits per heavy atom. The molecule has 2 heterocycles. The standard InChI is InChI=1S/C28H39N5O2/c1-4-35-28(34)18-24(12-13-26-20-32(3)31-30-26)23-11-10-21(2)25(17-23)19-33-15-14-29-27(33)16-22-8-6-5-7-9-22/h10-11,14-15,17,20,22,24H,4-9,12-13,16,18-19H2,1-3H3. The van der Waals surface area contributed by atoms with E-state index in [1.807, 2.05) is 26.4 Å². The first-order valence-electron chi connectivity index (χ1n) is 13.1. The number of aromatic nitrogens is 5. The minimum atomic E-state index is -0.150. The van der Waals surface area contributed by atoms with Gasteiger partial charge in [0.15, 0.2) is 0 Å². The van der Waals surface area contributed by atoms with Crippen LogP contribution in [0.2, 0.25) is 0 Å². The summed E-state index contributed by atoms with van der Waals surface area (Å²) in [6.07, 6.45) is 15.7. The Hall–Kier alpha value is -2.96. The Morgan fingerprint density at radius 1 is 1.23 bits per heavy atom. The lowest BCUT2D eigenvalue weighted by molar-refractivity contribution is -0.143. The average molecular weight is 478 g/mol. The molecule has 3 aromatic rings. The number of aryl methyl sites for hydroxylation is 3. The van der Waals surface area contributed by atoms with E-state index >= 15 is 0 Å². The average Bonchev–Trinajstić information content (AvgIpc) is 3.47. The fourth-order valence-electron chi connectivity index (χ4n) is 5.26. The minimum Gasteiger partial charge on any atom is -0.466 e. The van der Waals surface area contributed by atoms with Crippen LogP contribution in [-0.2, 0) is 36.0 Å². The van der Waals surface area contributed by atoms with Gasteiger partial charge in [-0.2, -0.15) is 0 Å². The molecule has 2 aromatic heterocycles. The highest BCUT2D eigenvalue weighted by atomic mass is 16.5. The summed E-state index contributed by atoms with van der Waals surface area (Å²) in [4.78, 5) is 17.1. The summed E-state index contributed by atoms with van der Waals surface area (Å²) in [6, 6.07) is 6.62. The van der Waals surface area contributed by atoms with E-state index in [4.69, 9.17) is 9.72 Å². The van der Waals surface area contributed by atoms with Crippen molar-refractivity contribution in [3.05, 3.63) is 65.0 Å². The maximum Gasteiger partial charge on any atom is 0.306 e. The Labute approximate surface area is 208 Å². The summed E-state index contributed by atoms with van der Waals surface area (Å²) in [6.45, 7) is 5.22. The van der Waals surface area contributed by atoms with E-state index in [1.54, 1.807) is 4.68 Å². The molecule has 0 bridgehead atoms. The lowest BCUT2D eigenvalue weighted by Crippen LogP contribution is -2.15. The summed E-state index contributed by atoms with van der Waals surface area (Å²) in [5.74, 6) is 1.86. The molecule has 188 valence electrons. The van der Waals surface area contributed by atoms with E-state index in [1.165, 1.54) is 54.6 Å². The first-order valence-corrected chi connectivity index (χ1v) is 13.1. The zero-order valence-electron chi connectivity index (χ0n) is 21.4. The van der Waals surface area contributed by atoms with Crippen molar-refractivity contribution in [2.24, 2.45) is 13.0 Å². The van der Waals surface area contributed by atoms with Gasteiger partial charge in [0, 0.05) is 38.6 Å². The molecule has 0 saturated heterocycles. The van der Waals surface area contributed by atoms with Gasteiger partial charge in [-0.1, -0.05) is 55.5 Å². The van der Waals surface area contributed by atoms with Gasteiger partial charge in [-0.15, -0.1) is 5.10 Å². The van der Waals surface area contributed by atoms with Crippen LogP contribution in [0.1, 0.15) is 86.0 Å². The van der Waals surface area contributed by atoms with Crippen LogP contribution in [0.5, 0.6) is 0 Å². The molecule has 1 unspecified atom stereocenters. The quantitative estimate of drug-likeness (QED) is 0.357. The fourth-order valence-corrected chi connectivity index (χ4v) is 5.26. The predicted octanol–water partition coefficient (Wildman–Crippen LogP) is 5.16. The van der Waals surface area contributed by atoms with Gasteiger partial charge in [-0.25, -0.2) is 4.98 Å². The number of esters is 1. The summed E-state index contributed by atoms with van der Waals surface area (Å²) >= 11 is 0. The van der Waals surface area contributed by atoms with Crippen molar-refractivity contribution >= 4 is 5.97 Å². The van der Waals surface area contributed by atoms with Gasteiger partial charge in [0.2, 0.25) is 0 Å². The molecular formula is C28H39N5O2. The molecule has 35 heavy (non-hydrogen) atoms. The molecular weight excluding hydrogens is 438 g/mol. The van der Waals surface area contributed by atoms with Crippen molar-refractivity contribution < 1.29 is 9.53 Å². The number of rotatable bonds is 11. The molecule has 1 aromatic carbocycles. The zero-order valence-corrected chi connectivity index (χ0v) is 21.4. The fraction of sp³-hybridized carbons (Fsp3) is 0.571. The highest BCUT2D eigenvalue weighted by Crippen LogP contribution is 2.29. The molecule has 1 atom stereocenters. The second-order valence-corrected chi connectivity index (χ2v) is 9.99. The molecule has 1 fully saturated rings. The lowest BCUT2D eigenvalue weighted by atomic mass is 9.87.